The number of aliphatic hydroxyl groups excluding tert-OH is 1. The van der Waals surface area contributed by atoms with E-state index in [1.54, 1.807) is 17.9 Å². The van der Waals surface area contributed by atoms with Crippen molar-refractivity contribution >= 4 is 5.69 Å². The third-order valence-electron chi connectivity index (χ3n) is 2.33. The maximum atomic E-state index is 10.7. The zero-order chi connectivity index (χ0) is 13.1. The summed E-state index contributed by atoms with van der Waals surface area (Å²) in [6.45, 7) is -0.416. The zero-order valence-corrected chi connectivity index (χ0v) is 9.61. The minimum absolute atomic E-state index is 0.129. The number of aromatic nitrogens is 2. The van der Waals surface area contributed by atoms with E-state index in [2.05, 4.69) is 5.10 Å². The number of ether oxygens (including phenoxy) is 1. The van der Waals surface area contributed by atoms with Crippen LogP contribution in [0.3, 0.4) is 0 Å². The number of hydrogen-bond acceptors (Lipinski definition) is 5. The average Bonchev–Trinajstić information content (AvgIpc) is 2.74. The molecule has 1 N–H and O–H groups in total. The highest BCUT2D eigenvalue weighted by molar-refractivity contribution is 5.45. The first kappa shape index (κ1) is 12.1. The number of aryl methyl sites for hydroxylation is 1. The van der Waals surface area contributed by atoms with Gasteiger partial charge < -0.3 is 9.84 Å². The van der Waals surface area contributed by atoms with Gasteiger partial charge in [-0.3, -0.25) is 14.8 Å². The van der Waals surface area contributed by atoms with Gasteiger partial charge in [-0.05, 0) is 12.1 Å². The number of hydrogen-bond donors (Lipinski definition) is 1. The van der Waals surface area contributed by atoms with E-state index in [4.69, 9.17) is 9.84 Å². The maximum absolute atomic E-state index is 10.7. The highest BCUT2D eigenvalue weighted by atomic mass is 16.6. The van der Waals surface area contributed by atoms with Crippen molar-refractivity contribution in [2.45, 2.75) is 6.61 Å². The lowest BCUT2D eigenvalue weighted by molar-refractivity contribution is -0.385. The maximum Gasteiger partial charge on any atom is 0.275 e. The summed E-state index contributed by atoms with van der Waals surface area (Å²) in [5.74, 6) is 0.938. The monoisotopic (exact) mass is 249 g/mol. The largest absolute Gasteiger partial charge is 0.454 e. The summed E-state index contributed by atoms with van der Waals surface area (Å²) in [5.41, 5.74) is 0.0810. The molecule has 0 fully saturated rings. The molecule has 0 amide bonds. The van der Waals surface area contributed by atoms with Crippen LogP contribution in [0.1, 0.15) is 5.56 Å². The van der Waals surface area contributed by atoms with Crippen LogP contribution in [0.25, 0.3) is 0 Å². The van der Waals surface area contributed by atoms with Crippen molar-refractivity contribution in [2.75, 3.05) is 0 Å². The molecule has 0 saturated heterocycles. The Labute approximate surface area is 102 Å². The van der Waals surface area contributed by atoms with Crippen LogP contribution in [0.15, 0.2) is 30.6 Å². The van der Waals surface area contributed by atoms with Crippen LogP contribution in [0.5, 0.6) is 11.5 Å². The van der Waals surface area contributed by atoms with E-state index in [1.165, 1.54) is 24.4 Å². The van der Waals surface area contributed by atoms with Gasteiger partial charge in [0.05, 0.1) is 29.5 Å². The lowest BCUT2D eigenvalue weighted by Gasteiger charge is -2.05. The molecule has 94 valence electrons. The average molecular weight is 249 g/mol. The molecular formula is C11H11N3O4. The molecule has 0 aliphatic carbocycles. The fourth-order valence-corrected chi connectivity index (χ4v) is 1.52. The van der Waals surface area contributed by atoms with Crippen molar-refractivity contribution in [3.8, 4) is 11.5 Å². The lowest BCUT2D eigenvalue weighted by Crippen LogP contribution is -1.96. The van der Waals surface area contributed by atoms with Gasteiger partial charge in [0, 0.05) is 13.1 Å². The number of nitro groups is 1. The molecule has 18 heavy (non-hydrogen) atoms. The predicted molar refractivity (Wildman–Crippen MR) is 62.3 cm³/mol. The molecule has 7 heteroatoms. The fraction of sp³-hybridized carbons (Fsp3) is 0.182. The van der Waals surface area contributed by atoms with Crippen molar-refractivity contribution in [3.05, 3.63) is 46.3 Å². The molecule has 0 aliphatic rings. The van der Waals surface area contributed by atoms with E-state index in [9.17, 15) is 10.1 Å². The minimum atomic E-state index is -0.542. The van der Waals surface area contributed by atoms with Crippen LogP contribution in [0.4, 0.5) is 5.69 Å². The zero-order valence-electron chi connectivity index (χ0n) is 9.61. The number of nitrogens with zero attached hydrogens (tertiary/aromatic N) is 3. The third kappa shape index (κ3) is 2.46. The molecule has 0 bridgehead atoms. The Morgan fingerprint density at radius 2 is 2.28 bits per heavy atom. The van der Waals surface area contributed by atoms with E-state index in [0.29, 0.717) is 11.5 Å². The minimum Gasteiger partial charge on any atom is -0.454 e. The van der Waals surface area contributed by atoms with E-state index < -0.39 is 11.5 Å². The topological polar surface area (TPSA) is 90.4 Å². The second-order valence-electron chi connectivity index (χ2n) is 3.66. The number of aliphatic hydroxyl groups is 1. The molecule has 0 spiro atoms. The Bertz CT molecular complexity index is 579. The molecule has 0 unspecified atom stereocenters. The van der Waals surface area contributed by atoms with Gasteiger partial charge >= 0.3 is 0 Å². The molecule has 0 saturated carbocycles. The summed E-state index contributed by atoms with van der Waals surface area (Å²) in [4.78, 5) is 10.2. The first-order valence-electron chi connectivity index (χ1n) is 5.15. The highest BCUT2D eigenvalue weighted by Gasteiger charge is 2.14. The van der Waals surface area contributed by atoms with Crippen LogP contribution in [-0.4, -0.2) is 19.8 Å². The molecular weight excluding hydrogens is 238 g/mol. The molecule has 1 aromatic carbocycles. The van der Waals surface area contributed by atoms with Crippen LogP contribution in [0, 0.1) is 10.1 Å². The lowest BCUT2D eigenvalue weighted by atomic mass is 10.2. The molecule has 0 radical (unpaired) electrons. The predicted octanol–water partition coefficient (Wildman–Crippen LogP) is 1.61. The molecule has 0 atom stereocenters. The summed E-state index contributed by atoms with van der Waals surface area (Å²) in [6.07, 6.45) is 3.19. The fourth-order valence-electron chi connectivity index (χ4n) is 1.52. The first-order valence-corrected chi connectivity index (χ1v) is 5.15. The molecule has 1 aromatic heterocycles. The summed E-state index contributed by atoms with van der Waals surface area (Å²) < 4.78 is 7.04. The Morgan fingerprint density at radius 3 is 2.83 bits per heavy atom. The van der Waals surface area contributed by atoms with Crippen LogP contribution in [-0.2, 0) is 13.7 Å². The van der Waals surface area contributed by atoms with Crippen LogP contribution in [0.2, 0.25) is 0 Å². The van der Waals surface area contributed by atoms with E-state index in [1.807, 2.05) is 0 Å². The Hall–Kier alpha value is -2.41. The molecule has 0 aliphatic heterocycles. The standard InChI is InChI=1S/C11H11N3O4/c1-13-6-10(5-12-13)18-9-2-3-11(14(16)17)8(4-9)7-15/h2-6,15H,7H2,1H3. The van der Waals surface area contributed by atoms with E-state index >= 15 is 0 Å². The van der Waals surface area contributed by atoms with Gasteiger partial charge in [-0.2, -0.15) is 5.10 Å². The van der Waals surface area contributed by atoms with Gasteiger partial charge in [0.1, 0.15) is 5.75 Å². The van der Waals surface area contributed by atoms with Crippen LogP contribution < -0.4 is 4.74 Å². The van der Waals surface area contributed by atoms with Gasteiger partial charge in [0.25, 0.3) is 5.69 Å². The van der Waals surface area contributed by atoms with Crippen molar-refractivity contribution < 1.29 is 14.8 Å². The third-order valence-corrected chi connectivity index (χ3v) is 2.33. The Morgan fingerprint density at radius 1 is 1.50 bits per heavy atom. The van der Waals surface area contributed by atoms with Gasteiger partial charge in [-0.1, -0.05) is 0 Å². The van der Waals surface area contributed by atoms with Crippen molar-refractivity contribution in [1.29, 1.82) is 0 Å². The van der Waals surface area contributed by atoms with Crippen molar-refractivity contribution in [3.63, 3.8) is 0 Å². The van der Waals surface area contributed by atoms with Crippen LogP contribution >= 0.6 is 0 Å². The van der Waals surface area contributed by atoms with Gasteiger partial charge in [-0.15, -0.1) is 0 Å². The summed E-state index contributed by atoms with van der Waals surface area (Å²) in [6, 6.07) is 4.21. The molecule has 2 aromatic rings. The summed E-state index contributed by atoms with van der Waals surface area (Å²) >= 11 is 0. The quantitative estimate of drug-likeness (QED) is 0.656. The SMILES string of the molecule is Cn1cc(Oc2ccc([N+](=O)[O-])c(CO)c2)cn1. The van der Waals surface area contributed by atoms with Gasteiger partial charge in [0.15, 0.2) is 5.75 Å². The Kier molecular flexibility index (Phi) is 3.24. The van der Waals surface area contributed by atoms with Crippen molar-refractivity contribution in [1.82, 2.24) is 9.78 Å². The smallest absolute Gasteiger partial charge is 0.275 e. The number of benzene rings is 1. The van der Waals surface area contributed by atoms with E-state index in [-0.39, 0.29) is 11.3 Å². The van der Waals surface area contributed by atoms with Crippen molar-refractivity contribution in [2.24, 2.45) is 7.05 Å². The molecule has 1 heterocycles. The first-order chi connectivity index (χ1) is 8.60. The van der Waals surface area contributed by atoms with Gasteiger partial charge in [-0.25, -0.2) is 0 Å². The molecule has 2 rings (SSSR count). The molecule has 7 nitrogen and oxygen atoms in total. The second kappa shape index (κ2) is 4.84. The normalized spacial score (nSPS) is 10.3. The Balaban J connectivity index is 2.27. The summed E-state index contributed by atoms with van der Waals surface area (Å²) in [7, 11) is 1.75. The summed E-state index contributed by atoms with van der Waals surface area (Å²) in [5, 5.41) is 23.7. The highest BCUT2D eigenvalue weighted by Crippen LogP contribution is 2.27. The number of nitro benzene ring substituents is 1. The number of rotatable bonds is 4. The van der Waals surface area contributed by atoms with E-state index in [0.717, 1.165) is 0 Å². The second-order valence-corrected chi connectivity index (χ2v) is 3.66. The van der Waals surface area contributed by atoms with Gasteiger partial charge in [0.2, 0.25) is 0 Å².